The molecule has 1 fully saturated rings. The quantitative estimate of drug-likeness (QED) is 0.885. The number of aliphatic hydroxyl groups is 1. The van der Waals surface area contributed by atoms with E-state index < -0.39 is 6.10 Å². The highest BCUT2D eigenvalue weighted by atomic mass is 79.9. The van der Waals surface area contributed by atoms with Gasteiger partial charge in [-0.15, -0.1) is 0 Å². The van der Waals surface area contributed by atoms with Crippen molar-refractivity contribution in [2.24, 2.45) is 5.92 Å². The van der Waals surface area contributed by atoms with E-state index in [-0.39, 0.29) is 17.2 Å². The molecule has 1 saturated carbocycles. The molecule has 110 valence electrons. The van der Waals surface area contributed by atoms with E-state index in [1.807, 2.05) is 12.1 Å². The molecule has 0 radical (unpaired) electrons. The van der Waals surface area contributed by atoms with Crippen molar-refractivity contribution < 1.29 is 9.90 Å². The first-order chi connectivity index (χ1) is 9.40. The van der Waals surface area contributed by atoms with E-state index in [0.717, 1.165) is 23.7 Å². The Morgan fingerprint density at radius 1 is 1.45 bits per heavy atom. The van der Waals surface area contributed by atoms with Gasteiger partial charge in [0.2, 0.25) is 5.91 Å². The van der Waals surface area contributed by atoms with Crippen molar-refractivity contribution >= 4 is 21.8 Å². The van der Waals surface area contributed by atoms with E-state index in [4.69, 9.17) is 0 Å². The van der Waals surface area contributed by atoms with Gasteiger partial charge in [0, 0.05) is 16.4 Å². The molecule has 1 aliphatic rings. The van der Waals surface area contributed by atoms with Gasteiger partial charge in [-0.2, -0.15) is 0 Å². The molecule has 2 N–H and O–H groups in total. The van der Waals surface area contributed by atoms with Gasteiger partial charge in [-0.3, -0.25) is 4.79 Å². The maximum Gasteiger partial charge on any atom is 0.225 e. The largest absolute Gasteiger partial charge is 0.392 e. The molecule has 20 heavy (non-hydrogen) atoms. The predicted octanol–water partition coefficient (Wildman–Crippen LogP) is 3.00. The minimum Gasteiger partial charge on any atom is -0.392 e. The molecule has 2 unspecified atom stereocenters. The molecule has 0 saturated heterocycles. The number of hydrogen-bond acceptors (Lipinski definition) is 2. The summed E-state index contributed by atoms with van der Waals surface area (Å²) in [6.07, 6.45) is 2.01. The zero-order valence-electron chi connectivity index (χ0n) is 12.0. The van der Waals surface area contributed by atoms with Crippen molar-refractivity contribution in [3.05, 3.63) is 34.3 Å². The van der Waals surface area contributed by atoms with E-state index >= 15 is 0 Å². The summed E-state index contributed by atoms with van der Waals surface area (Å²) in [5.41, 5.74) is 1.04. The minimum atomic E-state index is -0.469. The van der Waals surface area contributed by atoms with E-state index in [1.54, 1.807) is 0 Å². The van der Waals surface area contributed by atoms with Crippen molar-refractivity contribution in [3.63, 3.8) is 0 Å². The lowest BCUT2D eigenvalue weighted by atomic mass is 9.84. The third-order valence-electron chi connectivity index (χ3n) is 4.13. The fourth-order valence-corrected chi connectivity index (χ4v) is 3.10. The summed E-state index contributed by atoms with van der Waals surface area (Å²) in [6, 6.07) is 8.15. The lowest BCUT2D eigenvalue weighted by Gasteiger charge is -2.27. The average Bonchev–Trinajstić information content (AvgIpc) is 2.82. The fourth-order valence-electron chi connectivity index (χ4n) is 2.70. The molecule has 1 aromatic rings. The second-order valence-corrected chi connectivity index (χ2v) is 7.13. The molecular weight excluding hydrogens is 318 g/mol. The first kappa shape index (κ1) is 15.5. The summed E-state index contributed by atoms with van der Waals surface area (Å²) < 4.78 is 1.04. The molecule has 2 rings (SSSR count). The molecule has 4 heteroatoms. The highest BCUT2D eigenvalue weighted by Crippen LogP contribution is 2.27. The predicted molar refractivity (Wildman–Crippen MR) is 83.5 cm³/mol. The smallest absolute Gasteiger partial charge is 0.225 e. The standard InChI is InChI=1S/C16H22BrNO2/c1-16(2,11-5-3-6-12(17)9-11)10-18-15(20)13-7-4-8-14(13)19/h3,5-6,9,13-14,19H,4,7-8,10H2,1-2H3,(H,18,20). The van der Waals surface area contributed by atoms with Crippen LogP contribution in [0.1, 0.15) is 38.7 Å². The third-order valence-corrected chi connectivity index (χ3v) is 4.62. The molecule has 2 atom stereocenters. The van der Waals surface area contributed by atoms with Gasteiger partial charge < -0.3 is 10.4 Å². The van der Waals surface area contributed by atoms with Crippen LogP contribution >= 0.6 is 15.9 Å². The Hall–Kier alpha value is -0.870. The Morgan fingerprint density at radius 2 is 2.20 bits per heavy atom. The molecular formula is C16H22BrNO2. The fraction of sp³-hybridized carbons (Fsp3) is 0.562. The molecule has 1 aromatic carbocycles. The van der Waals surface area contributed by atoms with Crippen LogP contribution < -0.4 is 5.32 Å². The zero-order chi connectivity index (χ0) is 14.8. The van der Waals surface area contributed by atoms with Crippen LogP contribution in [-0.2, 0) is 10.2 Å². The van der Waals surface area contributed by atoms with E-state index in [2.05, 4.69) is 47.2 Å². The van der Waals surface area contributed by atoms with E-state index in [9.17, 15) is 9.90 Å². The molecule has 0 aromatic heterocycles. The van der Waals surface area contributed by atoms with Crippen molar-refractivity contribution in [1.82, 2.24) is 5.32 Å². The number of nitrogens with one attached hydrogen (secondary N) is 1. The monoisotopic (exact) mass is 339 g/mol. The highest BCUT2D eigenvalue weighted by Gasteiger charge is 2.32. The van der Waals surface area contributed by atoms with Crippen molar-refractivity contribution in [3.8, 4) is 0 Å². The first-order valence-electron chi connectivity index (χ1n) is 7.12. The van der Waals surface area contributed by atoms with Crippen LogP contribution in [0.2, 0.25) is 0 Å². The number of aliphatic hydroxyl groups excluding tert-OH is 1. The Kier molecular flexibility index (Phi) is 4.86. The van der Waals surface area contributed by atoms with E-state index in [0.29, 0.717) is 6.54 Å². The van der Waals surface area contributed by atoms with Gasteiger partial charge in [-0.05, 0) is 37.0 Å². The number of carbonyl (C=O) groups excluding carboxylic acids is 1. The molecule has 0 bridgehead atoms. The van der Waals surface area contributed by atoms with Crippen LogP contribution in [0.15, 0.2) is 28.7 Å². The first-order valence-corrected chi connectivity index (χ1v) is 7.91. The Morgan fingerprint density at radius 3 is 2.80 bits per heavy atom. The van der Waals surface area contributed by atoms with Crippen molar-refractivity contribution in [2.75, 3.05) is 6.54 Å². The van der Waals surface area contributed by atoms with Crippen LogP contribution in [0.3, 0.4) is 0 Å². The average molecular weight is 340 g/mol. The van der Waals surface area contributed by atoms with Crippen LogP contribution in [-0.4, -0.2) is 23.7 Å². The summed E-state index contributed by atoms with van der Waals surface area (Å²) in [5.74, 6) is -0.244. The van der Waals surface area contributed by atoms with Gasteiger partial charge in [-0.25, -0.2) is 0 Å². The Bertz CT molecular complexity index is 487. The Balaban J connectivity index is 1.97. The number of carbonyl (C=O) groups is 1. The highest BCUT2D eigenvalue weighted by molar-refractivity contribution is 9.10. The topological polar surface area (TPSA) is 49.3 Å². The molecule has 0 heterocycles. The number of rotatable bonds is 4. The summed E-state index contributed by atoms with van der Waals surface area (Å²) >= 11 is 3.48. The second-order valence-electron chi connectivity index (χ2n) is 6.22. The maximum atomic E-state index is 12.1. The molecule has 0 spiro atoms. The minimum absolute atomic E-state index is 0.0157. The molecule has 1 aliphatic carbocycles. The molecule has 3 nitrogen and oxygen atoms in total. The summed E-state index contributed by atoms with van der Waals surface area (Å²) in [4.78, 5) is 12.1. The molecule has 0 aliphatic heterocycles. The van der Waals surface area contributed by atoms with Crippen molar-refractivity contribution in [2.45, 2.75) is 44.6 Å². The third kappa shape index (κ3) is 3.61. The van der Waals surface area contributed by atoms with Gasteiger partial charge in [0.1, 0.15) is 0 Å². The van der Waals surface area contributed by atoms with Gasteiger partial charge in [0.15, 0.2) is 0 Å². The van der Waals surface area contributed by atoms with Crippen LogP contribution in [0.4, 0.5) is 0 Å². The number of hydrogen-bond donors (Lipinski definition) is 2. The summed E-state index contributed by atoms with van der Waals surface area (Å²) in [6.45, 7) is 4.80. The lowest BCUT2D eigenvalue weighted by molar-refractivity contribution is -0.127. The van der Waals surface area contributed by atoms with Gasteiger partial charge >= 0.3 is 0 Å². The number of amides is 1. The van der Waals surface area contributed by atoms with Crippen LogP contribution in [0.5, 0.6) is 0 Å². The second kappa shape index (κ2) is 6.27. The summed E-state index contributed by atoms with van der Waals surface area (Å²) in [5, 5.41) is 12.8. The van der Waals surface area contributed by atoms with Crippen molar-refractivity contribution in [1.29, 1.82) is 0 Å². The van der Waals surface area contributed by atoms with Crippen LogP contribution in [0.25, 0.3) is 0 Å². The summed E-state index contributed by atoms with van der Waals surface area (Å²) in [7, 11) is 0. The maximum absolute atomic E-state index is 12.1. The lowest BCUT2D eigenvalue weighted by Crippen LogP contribution is -2.41. The van der Waals surface area contributed by atoms with Gasteiger partial charge in [0.05, 0.1) is 12.0 Å². The van der Waals surface area contributed by atoms with Crippen LogP contribution in [0, 0.1) is 5.92 Å². The van der Waals surface area contributed by atoms with Gasteiger partial charge in [0.25, 0.3) is 0 Å². The molecule has 1 amide bonds. The zero-order valence-corrected chi connectivity index (χ0v) is 13.6. The van der Waals surface area contributed by atoms with Gasteiger partial charge in [-0.1, -0.05) is 41.9 Å². The van der Waals surface area contributed by atoms with E-state index in [1.165, 1.54) is 5.56 Å². The Labute approximate surface area is 128 Å². The SMILES string of the molecule is CC(C)(CNC(=O)C1CCCC1O)c1cccc(Br)c1. The number of halogens is 1. The number of benzene rings is 1. The normalized spacial score (nSPS) is 22.8.